The Labute approximate surface area is 158 Å². The number of carbonyl (C=O) groups is 1. The van der Waals surface area contributed by atoms with Gasteiger partial charge in [0.15, 0.2) is 0 Å². The highest BCUT2D eigenvalue weighted by Crippen LogP contribution is 2.37. The maximum Gasteiger partial charge on any atom is 0.486 e. The van der Waals surface area contributed by atoms with Crippen molar-refractivity contribution in [1.82, 2.24) is 9.88 Å². The summed E-state index contributed by atoms with van der Waals surface area (Å²) in [6.45, 7) is -1.15. The van der Waals surface area contributed by atoms with Crippen LogP contribution in [0.15, 0.2) is 24.4 Å². The number of nitrogens with zero attached hydrogens (tertiary/aromatic N) is 3. The monoisotopic (exact) mass is 439 g/mol. The molecule has 1 unspecified atom stereocenters. The molecule has 2 rings (SSSR count). The average Bonchev–Trinajstić information content (AvgIpc) is 2.57. The second kappa shape index (κ2) is 8.14. The number of anilines is 1. The molecule has 0 radical (unpaired) electrons. The van der Waals surface area contributed by atoms with Crippen LogP contribution in [-0.4, -0.2) is 59.9 Å². The molecule has 1 aromatic rings. The van der Waals surface area contributed by atoms with E-state index < -0.39 is 49.3 Å². The van der Waals surface area contributed by atoms with Crippen LogP contribution in [0.3, 0.4) is 0 Å². The summed E-state index contributed by atoms with van der Waals surface area (Å²) in [4.78, 5) is 15.7. The summed E-state index contributed by atoms with van der Waals surface area (Å²) in [5.41, 5.74) is 0. The maximum atomic E-state index is 13.5. The predicted molar refractivity (Wildman–Crippen MR) is 79.7 cm³/mol. The summed E-state index contributed by atoms with van der Waals surface area (Å²) >= 11 is 0. The van der Waals surface area contributed by atoms with Gasteiger partial charge in [-0.25, -0.2) is 9.78 Å². The van der Waals surface area contributed by atoms with E-state index in [1.54, 1.807) is 0 Å². The molecular weight excluding hydrogens is 425 g/mol. The molecule has 0 aromatic carbocycles. The molecule has 1 aliphatic rings. The van der Waals surface area contributed by atoms with Crippen LogP contribution in [0, 0.1) is 0 Å². The number of halogens is 9. The number of likely N-dealkylation sites (tertiary alicyclic amines) is 1. The summed E-state index contributed by atoms with van der Waals surface area (Å²) in [7, 11) is 0. The van der Waals surface area contributed by atoms with Gasteiger partial charge in [-0.3, -0.25) is 4.90 Å². The first-order valence-corrected chi connectivity index (χ1v) is 8.07. The molecule has 0 spiro atoms. The average molecular weight is 439 g/mol. The van der Waals surface area contributed by atoms with Crippen LogP contribution in [0.4, 0.5) is 50.1 Å². The van der Waals surface area contributed by atoms with Crippen LogP contribution in [0.25, 0.3) is 0 Å². The van der Waals surface area contributed by atoms with Crippen molar-refractivity contribution in [3.8, 4) is 0 Å². The fourth-order valence-electron chi connectivity index (χ4n) is 2.85. The fourth-order valence-corrected chi connectivity index (χ4v) is 2.85. The highest BCUT2D eigenvalue weighted by atomic mass is 19.4. The molecule has 1 amide bonds. The predicted octanol–water partition coefficient (Wildman–Crippen LogP) is 4.50. The van der Waals surface area contributed by atoms with Crippen molar-refractivity contribution in [2.24, 2.45) is 0 Å². The molecule has 1 saturated heterocycles. The fraction of sp³-hybridized carbons (Fsp3) is 0.600. The van der Waals surface area contributed by atoms with Crippen molar-refractivity contribution in [3.63, 3.8) is 0 Å². The van der Waals surface area contributed by atoms with Gasteiger partial charge in [0, 0.05) is 19.3 Å². The van der Waals surface area contributed by atoms with E-state index in [2.05, 4.69) is 9.72 Å². The molecule has 164 valence electrons. The quantitative estimate of drug-likeness (QED) is 0.514. The number of hydrogen-bond acceptors (Lipinski definition) is 4. The standard InChI is InChI=1S/C15H14F9N3O2/c16-13(17,18)11(14(19,20)21)29-12(28)26-7-3-4-9(8-26)27(15(22,23)24)10-5-1-2-6-25-10/h1-2,5-6,9,11H,3-4,7-8H2. The Morgan fingerprint density at radius 1 is 1.10 bits per heavy atom. The minimum absolute atomic E-state index is 0.0859. The van der Waals surface area contributed by atoms with Gasteiger partial charge in [0.2, 0.25) is 0 Å². The summed E-state index contributed by atoms with van der Waals surface area (Å²) in [5, 5.41) is 0. The molecule has 1 aliphatic heterocycles. The van der Waals surface area contributed by atoms with Crippen molar-refractivity contribution in [2.45, 2.75) is 43.6 Å². The minimum atomic E-state index is -5.92. The van der Waals surface area contributed by atoms with Crippen molar-refractivity contribution in [3.05, 3.63) is 24.4 Å². The number of carbonyl (C=O) groups excluding carboxylic acids is 1. The van der Waals surface area contributed by atoms with Gasteiger partial charge in [-0.2, -0.15) is 39.5 Å². The zero-order chi connectivity index (χ0) is 22.0. The summed E-state index contributed by atoms with van der Waals surface area (Å²) in [6, 6.07) is 2.19. The van der Waals surface area contributed by atoms with Gasteiger partial charge in [0.25, 0.3) is 6.10 Å². The lowest BCUT2D eigenvalue weighted by Crippen LogP contribution is -2.56. The number of ether oxygens (including phenoxy) is 1. The highest BCUT2D eigenvalue weighted by molar-refractivity contribution is 5.68. The third-order valence-electron chi connectivity index (χ3n) is 4.00. The van der Waals surface area contributed by atoms with Crippen LogP contribution >= 0.6 is 0 Å². The van der Waals surface area contributed by atoms with E-state index in [4.69, 9.17) is 0 Å². The molecule has 0 N–H and O–H groups in total. The summed E-state index contributed by atoms with van der Waals surface area (Å²) < 4.78 is 119. The van der Waals surface area contributed by atoms with E-state index in [9.17, 15) is 44.3 Å². The molecule has 29 heavy (non-hydrogen) atoms. The first-order chi connectivity index (χ1) is 13.2. The van der Waals surface area contributed by atoms with Crippen molar-refractivity contribution >= 4 is 11.9 Å². The Hall–Kier alpha value is -2.41. The van der Waals surface area contributed by atoms with Gasteiger partial charge >= 0.3 is 24.7 Å². The number of hydrogen-bond donors (Lipinski definition) is 0. The van der Waals surface area contributed by atoms with Crippen LogP contribution in [-0.2, 0) is 4.74 Å². The molecule has 0 aliphatic carbocycles. The van der Waals surface area contributed by atoms with Crippen LogP contribution in [0.2, 0.25) is 0 Å². The Kier molecular flexibility index (Phi) is 6.42. The van der Waals surface area contributed by atoms with E-state index in [1.807, 2.05) is 0 Å². The largest absolute Gasteiger partial charge is 0.486 e. The van der Waals surface area contributed by atoms with E-state index in [-0.39, 0.29) is 24.3 Å². The number of alkyl halides is 9. The van der Waals surface area contributed by atoms with Crippen molar-refractivity contribution < 1.29 is 49.0 Å². The van der Waals surface area contributed by atoms with Gasteiger partial charge in [-0.1, -0.05) is 6.07 Å². The number of amides is 1. The first kappa shape index (κ1) is 22.9. The topological polar surface area (TPSA) is 45.7 Å². The Morgan fingerprint density at radius 2 is 1.72 bits per heavy atom. The smallest absolute Gasteiger partial charge is 0.426 e. The van der Waals surface area contributed by atoms with Gasteiger partial charge in [0.05, 0.1) is 6.04 Å². The molecule has 5 nitrogen and oxygen atoms in total. The number of piperidine rings is 1. The van der Waals surface area contributed by atoms with Gasteiger partial charge in [-0.05, 0) is 25.0 Å². The number of rotatable bonds is 3. The molecule has 0 saturated carbocycles. The molecule has 0 bridgehead atoms. The second-order valence-electron chi connectivity index (χ2n) is 6.11. The lowest BCUT2D eigenvalue weighted by Gasteiger charge is -2.40. The summed E-state index contributed by atoms with van der Waals surface area (Å²) in [5.74, 6) is -0.524. The van der Waals surface area contributed by atoms with Gasteiger partial charge in [0.1, 0.15) is 5.82 Å². The molecule has 2 heterocycles. The Balaban J connectivity index is 2.19. The van der Waals surface area contributed by atoms with E-state index in [1.165, 1.54) is 12.1 Å². The summed E-state index contributed by atoms with van der Waals surface area (Å²) in [6.07, 6.45) is -22.3. The molecule has 1 aromatic heterocycles. The molecule has 1 atom stereocenters. The number of aromatic nitrogens is 1. The third-order valence-corrected chi connectivity index (χ3v) is 4.00. The molecule has 14 heteroatoms. The van der Waals surface area contributed by atoms with E-state index in [0.29, 0.717) is 4.90 Å². The normalized spacial score (nSPS) is 18.7. The van der Waals surface area contributed by atoms with Crippen LogP contribution in [0.5, 0.6) is 0 Å². The zero-order valence-corrected chi connectivity index (χ0v) is 14.4. The third kappa shape index (κ3) is 5.79. The van der Waals surface area contributed by atoms with Crippen LogP contribution < -0.4 is 4.90 Å². The maximum absolute atomic E-state index is 13.5. The zero-order valence-electron chi connectivity index (χ0n) is 14.4. The Morgan fingerprint density at radius 3 is 2.21 bits per heavy atom. The molecular formula is C15H14F9N3O2. The van der Waals surface area contributed by atoms with Crippen molar-refractivity contribution in [2.75, 3.05) is 18.0 Å². The highest BCUT2D eigenvalue weighted by Gasteiger charge is 2.60. The SMILES string of the molecule is O=C(OC(C(F)(F)F)C(F)(F)F)N1CCCC(N(c2ccccn2)C(F)(F)F)C1. The Bertz CT molecular complexity index is 677. The van der Waals surface area contributed by atoms with Gasteiger partial charge < -0.3 is 9.64 Å². The molecule has 1 fully saturated rings. The van der Waals surface area contributed by atoms with E-state index >= 15 is 0 Å². The number of pyridine rings is 1. The van der Waals surface area contributed by atoms with E-state index in [0.717, 1.165) is 12.3 Å². The lowest BCUT2D eigenvalue weighted by atomic mass is 10.0. The second-order valence-corrected chi connectivity index (χ2v) is 6.11. The van der Waals surface area contributed by atoms with Crippen LogP contribution in [0.1, 0.15) is 12.8 Å². The minimum Gasteiger partial charge on any atom is -0.426 e. The van der Waals surface area contributed by atoms with Gasteiger partial charge in [-0.15, -0.1) is 0 Å². The first-order valence-electron chi connectivity index (χ1n) is 8.07. The lowest BCUT2D eigenvalue weighted by molar-refractivity contribution is -0.308. The van der Waals surface area contributed by atoms with Crippen molar-refractivity contribution in [1.29, 1.82) is 0 Å².